The van der Waals surface area contributed by atoms with Crippen LogP contribution in [-0.4, -0.2) is 45.3 Å². The number of nitrogens with zero attached hydrogens (tertiary/aromatic N) is 6. The van der Waals surface area contributed by atoms with Gasteiger partial charge in [0.2, 0.25) is 5.88 Å². The highest BCUT2D eigenvalue weighted by Gasteiger charge is 2.33. The summed E-state index contributed by atoms with van der Waals surface area (Å²) < 4.78 is 32.6. The van der Waals surface area contributed by atoms with Crippen molar-refractivity contribution in [2.24, 2.45) is 0 Å². The quantitative estimate of drug-likeness (QED) is 0.262. The zero-order valence-corrected chi connectivity index (χ0v) is 22.8. The Morgan fingerprint density at radius 1 is 1.02 bits per heavy atom. The molecule has 42 heavy (non-hydrogen) atoms. The van der Waals surface area contributed by atoms with Crippen molar-refractivity contribution in [1.82, 2.24) is 19.9 Å². The van der Waals surface area contributed by atoms with Crippen molar-refractivity contribution in [1.29, 1.82) is 10.5 Å². The van der Waals surface area contributed by atoms with Gasteiger partial charge in [0, 0.05) is 23.9 Å². The molecule has 0 radical (unpaired) electrons. The Hall–Kier alpha value is -5.40. The number of hydrogen-bond acceptors (Lipinski definition) is 11. The molecule has 1 aliphatic carbocycles. The molecule has 0 spiro atoms. The molecule has 1 amide bonds. The van der Waals surface area contributed by atoms with Crippen LogP contribution >= 0.6 is 11.3 Å². The molecule has 13 heteroatoms. The highest BCUT2D eigenvalue weighted by atomic mass is 32.1. The lowest BCUT2D eigenvalue weighted by Gasteiger charge is -2.22. The third-order valence-electron chi connectivity index (χ3n) is 6.68. The van der Waals surface area contributed by atoms with Crippen LogP contribution in [0.1, 0.15) is 30.4 Å². The molecule has 11 nitrogen and oxygen atoms in total. The van der Waals surface area contributed by atoms with Gasteiger partial charge < -0.3 is 14.2 Å². The first kappa shape index (κ1) is 26.8. The Morgan fingerprint density at radius 2 is 1.86 bits per heavy atom. The molecule has 1 aliphatic rings. The van der Waals surface area contributed by atoms with Crippen LogP contribution in [0, 0.1) is 28.5 Å². The molecule has 5 aromatic rings. The van der Waals surface area contributed by atoms with Crippen LogP contribution in [0.3, 0.4) is 0 Å². The van der Waals surface area contributed by atoms with E-state index < -0.39 is 24.1 Å². The molecule has 2 aromatic carbocycles. The minimum atomic E-state index is -0.719. The zero-order valence-electron chi connectivity index (χ0n) is 22.0. The van der Waals surface area contributed by atoms with Crippen LogP contribution in [0.25, 0.3) is 31.8 Å². The van der Waals surface area contributed by atoms with Crippen LogP contribution in [0.5, 0.6) is 11.6 Å². The number of carbonyl (C=O) groups excluding carboxylic acids is 1. The van der Waals surface area contributed by atoms with Gasteiger partial charge >= 0.3 is 6.09 Å². The van der Waals surface area contributed by atoms with Gasteiger partial charge in [-0.2, -0.15) is 10.5 Å². The topological polar surface area (TPSA) is 156 Å². The number of hydrogen-bond donors (Lipinski definition) is 1. The van der Waals surface area contributed by atoms with Crippen molar-refractivity contribution in [2.45, 2.75) is 31.5 Å². The summed E-state index contributed by atoms with van der Waals surface area (Å²) in [6.07, 6.45) is 4.26. The van der Waals surface area contributed by atoms with Crippen molar-refractivity contribution >= 4 is 44.4 Å². The smallest absolute Gasteiger partial charge is 0.412 e. The first-order valence-electron chi connectivity index (χ1n) is 12.8. The van der Waals surface area contributed by atoms with E-state index in [2.05, 4.69) is 31.3 Å². The summed E-state index contributed by atoms with van der Waals surface area (Å²) in [6, 6.07) is 11.7. The van der Waals surface area contributed by atoms with Crippen LogP contribution < -0.4 is 14.8 Å². The molecule has 208 valence electrons. The second kappa shape index (κ2) is 11.2. The van der Waals surface area contributed by atoms with Crippen molar-refractivity contribution in [3.63, 3.8) is 0 Å². The van der Waals surface area contributed by atoms with Crippen LogP contribution in [-0.2, 0) is 4.74 Å². The molecule has 0 aliphatic heterocycles. The Bertz CT molecular complexity index is 1930. The molecule has 0 bridgehead atoms. The maximum Gasteiger partial charge on any atom is 0.412 e. The van der Waals surface area contributed by atoms with E-state index in [1.54, 1.807) is 18.2 Å². The minimum Gasteiger partial charge on any atom is -0.483 e. The molecule has 0 saturated heterocycles. The average Bonchev–Trinajstić information content (AvgIpc) is 3.62. The molecule has 3 heterocycles. The summed E-state index contributed by atoms with van der Waals surface area (Å²) in [5.74, 6) is -0.271. The first-order chi connectivity index (χ1) is 20.4. The summed E-state index contributed by atoms with van der Waals surface area (Å²) in [7, 11) is 1.48. The SMILES string of the molecule is COc1cnc2c(-c3nc4cc(F)c(O[C@H]5CCC[C@H]5OC(=O)Nc5cncc(C#N)c5)cc4s3)cc(C#N)cc2n1. The summed E-state index contributed by atoms with van der Waals surface area (Å²) in [6.45, 7) is 0. The third kappa shape index (κ3) is 5.33. The molecular formula is C29H20FN7O4S. The van der Waals surface area contributed by atoms with Crippen molar-refractivity contribution < 1.29 is 23.4 Å². The molecule has 1 N–H and O–H groups in total. The third-order valence-corrected chi connectivity index (χ3v) is 7.73. The number of nitrogens with one attached hydrogen (secondary N) is 1. The summed E-state index contributed by atoms with van der Waals surface area (Å²) in [5, 5.41) is 21.7. The molecule has 2 atom stereocenters. The number of thiazole rings is 1. The van der Waals surface area contributed by atoms with Gasteiger partial charge in [-0.1, -0.05) is 0 Å². The summed E-state index contributed by atoms with van der Waals surface area (Å²) >= 11 is 1.30. The summed E-state index contributed by atoms with van der Waals surface area (Å²) in [5.41, 5.74) is 3.02. The fraction of sp³-hybridized carbons (Fsp3) is 0.207. The Balaban J connectivity index is 1.24. The van der Waals surface area contributed by atoms with Gasteiger partial charge in [0.05, 0.1) is 63.6 Å². The second-order valence-corrected chi connectivity index (χ2v) is 10.4. The summed E-state index contributed by atoms with van der Waals surface area (Å²) in [4.78, 5) is 29.9. The predicted octanol–water partition coefficient (Wildman–Crippen LogP) is 5.74. The second-order valence-electron chi connectivity index (χ2n) is 9.42. The molecule has 3 aromatic heterocycles. The molecule has 0 unspecified atom stereocenters. The van der Waals surface area contributed by atoms with E-state index in [4.69, 9.17) is 19.5 Å². The standard InChI is InChI=1S/C29H20FN7O4S/c1-39-26-14-34-27-18(6-15(10-31)7-21(27)36-26)28-37-20-8-19(30)24(9-25(20)42-28)40-22-3-2-4-23(22)41-29(38)35-17-5-16(11-32)12-33-13-17/h5-9,12-14,22-23H,2-4H2,1H3,(H,35,38)/t22-,23+/m0/s1. The maximum atomic E-state index is 15.2. The van der Waals surface area contributed by atoms with E-state index >= 15 is 4.39 Å². The van der Waals surface area contributed by atoms with Crippen molar-refractivity contribution in [3.8, 4) is 34.3 Å². The Morgan fingerprint density at radius 3 is 2.67 bits per heavy atom. The number of amides is 1. The average molecular weight is 582 g/mol. The van der Waals surface area contributed by atoms with E-state index in [-0.39, 0.29) is 5.75 Å². The predicted molar refractivity (Wildman–Crippen MR) is 150 cm³/mol. The number of halogens is 1. The first-order valence-corrected chi connectivity index (χ1v) is 13.6. The lowest BCUT2D eigenvalue weighted by molar-refractivity contribution is 0.0401. The fourth-order valence-electron chi connectivity index (χ4n) is 4.75. The minimum absolute atomic E-state index is 0.0182. The number of methoxy groups -OCH3 is 1. The van der Waals surface area contributed by atoms with Gasteiger partial charge in [0.1, 0.15) is 23.3 Å². The van der Waals surface area contributed by atoms with Crippen molar-refractivity contribution in [2.75, 3.05) is 12.4 Å². The Kier molecular flexibility index (Phi) is 7.17. The van der Waals surface area contributed by atoms with Gasteiger partial charge in [0.25, 0.3) is 0 Å². The normalized spacial score (nSPS) is 16.1. The van der Waals surface area contributed by atoms with E-state index in [9.17, 15) is 10.1 Å². The number of benzene rings is 2. The van der Waals surface area contributed by atoms with Crippen molar-refractivity contribution in [3.05, 3.63) is 65.9 Å². The van der Waals surface area contributed by atoms with E-state index in [0.717, 1.165) is 6.42 Å². The van der Waals surface area contributed by atoms with Gasteiger partial charge in [-0.15, -0.1) is 11.3 Å². The number of pyridine rings is 1. The number of rotatable bonds is 6. The fourth-order valence-corrected chi connectivity index (χ4v) is 5.74. The number of fused-ring (bicyclic) bond motifs is 2. The molecule has 1 fully saturated rings. The number of anilines is 1. The van der Waals surface area contributed by atoms with Gasteiger partial charge in [-0.25, -0.2) is 24.1 Å². The highest BCUT2D eigenvalue weighted by Crippen LogP contribution is 2.38. The van der Waals surface area contributed by atoms with Gasteiger partial charge in [0.15, 0.2) is 11.6 Å². The molecule has 1 saturated carbocycles. The van der Waals surface area contributed by atoms with Crippen LogP contribution in [0.15, 0.2) is 48.9 Å². The lowest BCUT2D eigenvalue weighted by Crippen LogP contribution is -2.32. The number of nitriles is 2. The van der Waals surface area contributed by atoms with Gasteiger partial charge in [-0.05, 0) is 37.5 Å². The van der Waals surface area contributed by atoms with E-state index in [1.165, 1.54) is 49.2 Å². The lowest BCUT2D eigenvalue weighted by atomic mass is 10.1. The molecule has 6 rings (SSSR count). The highest BCUT2D eigenvalue weighted by molar-refractivity contribution is 7.21. The molecular weight excluding hydrogens is 561 g/mol. The largest absolute Gasteiger partial charge is 0.483 e. The van der Waals surface area contributed by atoms with Crippen LogP contribution in [0.4, 0.5) is 14.9 Å². The number of aromatic nitrogens is 4. The monoisotopic (exact) mass is 581 g/mol. The van der Waals surface area contributed by atoms with E-state index in [0.29, 0.717) is 67.4 Å². The van der Waals surface area contributed by atoms with Crippen LogP contribution in [0.2, 0.25) is 0 Å². The zero-order chi connectivity index (χ0) is 29.2. The van der Waals surface area contributed by atoms with Gasteiger partial charge in [-0.3, -0.25) is 10.3 Å². The van der Waals surface area contributed by atoms with E-state index in [1.807, 2.05) is 6.07 Å². The number of carbonyl (C=O) groups is 1. The maximum absolute atomic E-state index is 15.2. The Labute approximate surface area is 242 Å². The number of ether oxygens (including phenoxy) is 3.